The molecule has 1 heterocycles. The largest absolute Gasteiger partial charge is 0.481 e. The van der Waals surface area contributed by atoms with Crippen LogP contribution in [0.2, 0.25) is 5.02 Å². The third-order valence-electron chi connectivity index (χ3n) is 5.17. The Balaban J connectivity index is 1.56. The maximum absolute atomic E-state index is 13.1. The van der Waals surface area contributed by atoms with Crippen molar-refractivity contribution in [3.63, 3.8) is 0 Å². The lowest BCUT2D eigenvalue weighted by Crippen LogP contribution is -2.51. The van der Waals surface area contributed by atoms with Crippen LogP contribution < -0.4 is 0 Å². The van der Waals surface area contributed by atoms with Crippen LogP contribution >= 0.6 is 11.6 Å². The smallest absolute Gasteiger partial charge is 0.306 e. The number of carbonyl (C=O) groups excluding carboxylic acids is 2. The number of benzene rings is 1. The van der Waals surface area contributed by atoms with Gasteiger partial charge in [-0.15, -0.1) is 0 Å². The first-order valence-electron chi connectivity index (χ1n) is 8.62. The Bertz CT molecular complexity index is 734. The lowest BCUT2D eigenvalue weighted by molar-refractivity contribution is -0.142. The number of amides is 2. The van der Waals surface area contributed by atoms with E-state index in [0.29, 0.717) is 45.4 Å². The Morgan fingerprint density at radius 2 is 1.65 bits per heavy atom. The van der Waals surface area contributed by atoms with Crippen LogP contribution in [0.15, 0.2) is 18.2 Å². The summed E-state index contributed by atoms with van der Waals surface area (Å²) < 4.78 is 13.1. The zero-order valence-corrected chi connectivity index (χ0v) is 14.9. The van der Waals surface area contributed by atoms with Crippen LogP contribution in [-0.4, -0.2) is 58.9 Å². The van der Waals surface area contributed by atoms with Crippen molar-refractivity contribution in [3.05, 3.63) is 34.6 Å². The van der Waals surface area contributed by atoms with E-state index in [1.807, 2.05) is 0 Å². The SMILES string of the molecule is O=C(O)[C@@H]1CC[C@H](C(=O)N2CCN(C(=O)c3ccc(F)cc3Cl)CC2)C1. The van der Waals surface area contributed by atoms with Gasteiger partial charge in [0.15, 0.2) is 0 Å². The Kier molecular flexibility index (Phi) is 5.46. The monoisotopic (exact) mass is 382 g/mol. The van der Waals surface area contributed by atoms with Crippen LogP contribution in [0, 0.1) is 17.7 Å². The predicted octanol–water partition coefficient (Wildman–Crippen LogP) is 2.26. The second-order valence-corrected chi connectivity index (χ2v) is 7.19. The number of aliphatic carboxylic acids is 1. The first-order valence-corrected chi connectivity index (χ1v) is 9.00. The molecule has 2 aliphatic rings. The maximum Gasteiger partial charge on any atom is 0.306 e. The third kappa shape index (κ3) is 3.82. The lowest BCUT2D eigenvalue weighted by atomic mass is 10.0. The number of carboxylic acids is 1. The average Bonchev–Trinajstić information content (AvgIpc) is 3.11. The van der Waals surface area contributed by atoms with E-state index in [0.717, 1.165) is 6.07 Å². The van der Waals surface area contributed by atoms with Gasteiger partial charge in [-0.25, -0.2) is 4.39 Å². The summed E-state index contributed by atoms with van der Waals surface area (Å²) in [6.45, 7) is 1.54. The van der Waals surface area contributed by atoms with Crippen molar-refractivity contribution >= 4 is 29.4 Å². The fraction of sp³-hybridized carbons (Fsp3) is 0.500. The molecule has 0 unspecified atom stereocenters. The number of halogens is 2. The molecular weight excluding hydrogens is 363 g/mol. The molecule has 0 radical (unpaired) electrons. The van der Waals surface area contributed by atoms with Crippen LogP contribution in [0.1, 0.15) is 29.6 Å². The molecule has 1 saturated carbocycles. The van der Waals surface area contributed by atoms with Crippen LogP contribution in [0.5, 0.6) is 0 Å². The molecule has 3 rings (SSSR count). The van der Waals surface area contributed by atoms with E-state index in [4.69, 9.17) is 16.7 Å². The molecule has 26 heavy (non-hydrogen) atoms. The summed E-state index contributed by atoms with van der Waals surface area (Å²) in [5, 5.41) is 9.13. The molecule has 0 bridgehead atoms. The highest BCUT2D eigenvalue weighted by Gasteiger charge is 2.37. The van der Waals surface area contributed by atoms with Gasteiger partial charge < -0.3 is 14.9 Å². The van der Waals surface area contributed by atoms with Gasteiger partial charge in [-0.2, -0.15) is 0 Å². The molecule has 1 aliphatic heterocycles. The summed E-state index contributed by atoms with van der Waals surface area (Å²) >= 11 is 5.95. The summed E-state index contributed by atoms with van der Waals surface area (Å²) in [7, 11) is 0. The van der Waals surface area contributed by atoms with Gasteiger partial charge in [-0.3, -0.25) is 14.4 Å². The van der Waals surface area contributed by atoms with Crippen LogP contribution in [0.4, 0.5) is 4.39 Å². The van der Waals surface area contributed by atoms with E-state index in [1.165, 1.54) is 12.1 Å². The molecule has 0 spiro atoms. The van der Waals surface area contributed by atoms with Crippen LogP contribution in [-0.2, 0) is 9.59 Å². The summed E-state index contributed by atoms with van der Waals surface area (Å²) in [4.78, 5) is 39.4. The Morgan fingerprint density at radius 3 is 2.23 bits per heavy atom. The number of nitrogens with zero attached hydrogens (tertiary/aromatic N) is 2. The van der Waals surface area contributed by atoms with Crippen molar-refractivity contribution in [2.45, 2.75) is 19.3 Å². The number of rotatable bonds is 3. The summed E-state index contributed by atoms with van der Waals surface area (Å²) in [6, 6.07) is 3.66. The summed E-state index contributed by atoms with van der Waals surface area (Å²) in [6.07, 6.45) is 1.52. The van der Waals surface area contributed by atoms with Crippen LogP contribution in [0.3, 0.4) is 0 Å². The van der Waals surface area contributed by atoms with E-state index in [1.54, 1.807) is 9.80 Å². The third-order valence-corrected chi connectivity index (χ3v) is 5.48. The van der Waals surface area contributed by atoms with E-state index < -0.39 is 17.7 Å². The first-order chi connectivity index (χ1) is 12.4. The second-order valence-electron chi connectivity index (χ2n) is 6.79. The average molecular weight is 383 g/mol. The minimum atomic E-state index is -0.841. The number of carbonyl (C=O) groups is 3. The van der Waals surface area contributed by atoms with Crippen molar-refractivity contribution < 1.29 is 23.9 Å². The highest BCUT2D eigenvalue weighted by molar-refractivity contribution is 6.33. The topological polar surface area (TPSA) is 77.9 Å². The van der Waals surface area contributed by atoms with Gasteiger partial charge in [0, 0.05) is 32.1 Å². The first kappa shape index (κ1) is 18.6. The normalized spacial score (nSPS) is 23.2. The molecular formula is C18H20ClFN2O4. The second kappa shape index (κ2) is 7.61. The Morgan fingerprint density at radius 1 is 1.04 bits per heavy atom. The van der Waals surface area contributed by atoms with E-state index in [2.05, 4.69) is 0 Å². The molecule has 6 nitrogen and oxygen atoms in total. The molecule has 1 saturated heterocycles. The minimum absolute atomic E-state index is 0.0272. The minimum Gasteiger partial charge on any atom is -0.481 e. The van der Waals surface area contributed by atoms with Gasteiger partial charge in [-0.05, 0) is 37.5 Å². The van der Waals surface area contributed by atoms with Crippen molar-refractivity contribution in [3.8, 4) is 0 Å². The number of carboxylic acid groups (broad SMARTS) is 1. The van der Waals surface area contributed by atoms with E-state index in [9.17, 15) is 18.8 Å². The number of hydrogen-bond donors (Lipinski definition) is 1. The zero-order chi connectivity index (χ0) is 18.8. The van der Waals surface area contributed by atoms with Crippen molar-refractivity contribution in [1.82, 2.24) is 9.80 Å². The lowest BCUT2D eigenvalue weighted by Gasteiger charge is -2.36. The molecule has 140 valence electrons. The van der Waals surface area contributed by atoms with Crippen molar-refractivity contribution in [2.24, 2.45) is 11.8 Å². The molecule has 8 heteroatoms. The summed E-state index contributed by atoms with van der Waals surface area (Å²) in [5.41, 5.74) is 0.243. The zero-order valence-electron chi connectivity index (χ0n) is 14.2. The van der Waals surface area contributed by atoms with Crippen molar-refractivity contribution in [1.29, 1.82) is 0 Å². The Labute approximate surface area is 155 Å². The number of hydrogen-bond acceptors (Lipinski definition) is 3. The standard InChI is InChI=1S/C18H20ClFN2O4/c19-15-10-13(20)3-4-14(15)17(24)22-7-5-21(6-8-22)16(23)11-1-2-12(9-11)18(25)26/h3-4,10-12H,1-2,5-9H2,(H,25,26)/t11-,12+/m0/s1. The molecule has 2 amide bonds. The molecule has 1 aliphatic carbocycles. The van der Waals surface area contributed by atoms with Gasteiger partial charge in [0.1, 0.15) is 5.82 Å². The molecule has 1 aromatic rings. The fourth-order valence-electron chi connectivity index (χ4n) is 3.65. The van der Waals surface area contributed by atoms with E-state index in [-0.39, 0.29) is 28.3 Å². The quantitative estimate of drug-likeness (QED) is 0.869. The number of piperazine rings is 1. The molecule has 2 fully saturated rings. The Hall–Kier alpha value is -2.15. The van der Waals surface area contributed by atoms with Crippen LogP contribution in [0.25, 0.3) is 0 Å². The van der Waals surface area contributed by atoms with Gasteiger partial charge >= 0.3 is 5.97 Å². The van der Waals surface area contributed by atoms with E-state index >= 15 is 0 Å². The van der Waals surface area contributed by atoms with Crippen molar-refractivity contribution in [2.75, 3.05) is 26.2 Å². The maximum atomic E-state index is 13.1. The summed E-state index contributed by atoms with van der Waals surface area (Å²) in [5.74, 6) is -2.34. The molecule has 1 N–H and O–H groups in total. The molecule has 2 atom stereocenters. The van der Waals surface area contributed by atoms with Gasteiger partial charge in [0.2, 0.25) is 5.91 Å². The molecule has 0 aromatic heterocycles. The molecule has 1 aromatic carbocycles. The highest BCUT2D eigenvalue weighted by atomic mass is 35.5. The van der Waals surface area contributed by atoms with Gasteiger partial charge in [-0.1, -0.05) is 11.6 Å². The highest BCUT2D eigenvalue weighted by Crippen LogP contribution is 2.32. The predicted molar refractivity (Wildman–Crippen MR) is 92.4 cm³/mol. The van der Waals surface area contributed by atoms with Gasteiger partial charge in [0.25, 0.3) is 5.91 Å². The van der Waals surface area contributed by atoms with Gasteiger partial charge in [0.05, 0.1) is 16.5 Å². The fourth-order valence-corrected chi connectivity index (χ4v) is 3.90.